The lowest BCUT2D eigenvalue weighted by atomic mass is 9.83. The van der Waals surface area contributed by atoms with Gasteiger partial charge in [-0.05, 0) is 152 Å². The number of methoxy groups -OCH3 is 2. The number of alkyl carbamates (subject to hydrolysis) is 2. The van der Waals surface area contributed by atoms with E-state index in [9.17, 15) is 14.4 Å². The van der Waals surface area contributed by atoms with Gasteiger partial charge in [-0.25, -0.2) is 19.6 Å². The third-order valence-electron chi connectivity index (χ3n) is 15.9. The van der Waals surface area contributed by atoms with Crippen LogP contribution in [0.2, 0.25) is 0 Å². The number of amides is 3. The molecule has 2 bridgehead atoms. The van der Waals surface area contributed by atoms with Crippen LogP contribution in [0.5, 0.6) is 0 Å². The van der Waals surface area contributed by atoms with Gasteiger partial charge in [0.1, 0.15) is 17.7 Å². The van der Waals surface area contributed by atoms with Crippen molar-refractivity contribution in [2.45, 2.75) is 101 Å². The summed E-state index contributed by atoms with van der Waals surface area (Å²) in [5, 5.41) is 6.04. The summed E-state index contributed by atoms with van der Waals surface area (Å²) in [4.78, 5) is 61.3. The molecule has 15 nitrogen and oxygen atoms in total. The molecule has 0 unspecified atom stereocenters. The highest BCUT2D eigenvalue weighted by Crippen LogP contribution is 2.50. The third kappa shape index (κ3) is 8.59. The second-order valence-electron chi connectivity index (χ2n) is 19.6. The van der Waals surface area contributed by atoms with Gasteiger partial charge in [-0.1, -0.05) is 36.4 Å². The standard InChI is InChI=1S/C52H62N8O7/c1-64-51(62)57-44(30-15-20-66-21-16-30)29-59-19-3-4-45(59)48-53-28-43(56-48)36-9-13-40-35(25-36)6-5-34-24-32(8-12-39(34)40)33-10-14-41-42(27-33)55-49(54-41)47-37-7-11-38(26-37)60(47)50(61)46(58-52(63)65-2)31-17-22-67-23-18-31/h8-10,12-14,24-25,27-28,30-31,37-38,44-47H,3-7,11,15-23,26,29H2,1-2H3,(H,53,56)(H,54,55)(H,57,62)(H,58,63)/t37-,38+,44+,45-,46-,47-/m0/s1. The number of nitrogens with one attached hydrogen (secondary N) is 4. The Kier molecular flexibility index (Phi) is 12.2. The Morgan fingerprint density at radius 3 is 2.18 bits per heavy atom. The van der Waals surface area contributed by atoms with E-state index in [1.807, 2.05) is 11.1 Å². The van der Waals surface area contributed by atoms with Crippen LogP contribution in [-0.4, -0.2) is 120 Å². The number of hydrogen-bond donors (Lipinski definition) is 4. The van der Waals surface area contributed by atoms with Gasteiger partial charge >= 0.3 is 12.2 Å². The topological polar surface area (TPSA) is 176 Å². The number of aromatic amines is 2. The Morgan fingerprint density at radius 2 is 1.43 bits per heavy atom. The Labute approximate surface area is 391 Å². The van der Waals surface area contributed by atoms with Crippen molar-refractivity contribution in [3.8, 4) is 33.5 Å². The van der Waals surface area contributed by atoms with Gasteiger partial charge in [-0.3, -0.25) is 9.69 Å². The molecule has 5 fully saturated rings. The Bertz CT molecular complexity index is 2630. The number of aryl methyl sites for hydroxylation is 2. The number of hydrogen-bond acceptors (Lipinski definition) is 10. The van der Waals surface area contributed by atoms with E-state index >= 15 is 0 Å². The molecule has 6 atom stereocenters. The van der Waals surface area contributed by atoms with Gasteiger partial charge in [0.25, 0.3) is 0 Å². The van der Waals surface area contributed by atoms with Crippen molar-refractivity contribution >= 4 is 29.1 Å². The number of ether oxygens (including phenoxy) is 4. The van der Waals surface area contributed by atoms with Gasteiger partial charge in [-0.2, -0.15) is 0 Å². The Hall–Kier alpha value is -5.77. The van der Waals surface area contributed by atoms with Crippen LogP contribution < -0.4 is 10.6 Å². The van der Waals surface area contributed by atoms with E-state index in [-0.39, 0.29) is 42.1 Å². The molecular weight excluding hydrogens is 849 g/mol. The fourth-order valence-electron chi connectivity index (χ4n) is 12.4. The molecule has 4 N–H and O–H groups in total. The van der Waals surface area contributed by atoms with Crippen molar-refractivity contribution < 1.29 is 33.3 Å². The molecule has 15 heteroatoms. The molecule has 1 saturated carbocycles. The van der Waals surface area contributed by atoms with E-state index in [4.69, 9.17) is 28.9 Å². The second kappa shape index (κ2) is 18.7. The smallest absolute Gasteiger partial charge is 0.407 e. The summed E-state index contributed by atoms with van der Waals surface area (Å²) in [7, 11) is 2.76. The van der Waals surface area contributed by atoms with Gasteiger partial charge in [0.05, 0.1) is 49.2 Å². The number of fused-ring (bicyclic) bond motifs is 6. The average molecular weight is 911 g/mol. The fourth-order valence-corrected chi connectivity index (χ4v) is 12.4. The Morgan fingerprint density at radius 1 is 0.761 bits per heavy atom. The summed E-state index contributed by atoms with van der Waals surface area (Å²) in [6, 6.07) is 19.5. The highest BCUT2D eigenvalue weighted by atomic mass is 16.5. The van der Waals surface area contributed by atoms with E-state index in [0.717, 1.165) is 129 Å². The molecule has 3 amide bonds. The molecular formula is C52H62N8O7. The Balaban J connectivity index is 0.793. The van der Waals surface area contributed by atoms with Crippen LogP contribution >= 0.6 is 0 Å². The van der Waals surface area contributed by atoms with Crippen LogP contribution in [0.1, 0.15) is 92.6 Å². The van der Waals surface area contributed by atoms with Crippen LogP contribution in [0.4, 0.5) is 9.59 Å². The maximum absolute atomic E-state index is 14.5. The molecule has 2 aromatic heterocycles. The van der Waals surface area contributed by atoms with Crippen LogP contribution in [0, 0.1) is 17.8 Å². The number of H-pyrrole nitrogens is 2. The van der Waals surface area contributed by atoms with Gasteiger partial charge in [0.2, 0.25) is 5.91 Å². The van der Waals surface area contributed by atoms with Gasteiger partial charge in [-0.15, -0.1) is 0 Å². The zero-order valence-corrected chi connectivity index (χ0v) is 38.6. The van der Waals surface area contributed by atoms with E-state index in [2.05, 4.69) is 80.1 Å². The highest BCUT2D eigenvalue weighted by molar-refractivity contribution is 5.88. The first kappa shape index (κ1) is 43.8. The van der Waals surface area contributed by atoms with Crippen LogP contribution in [0.25, 0.3) is 44.5 Å². The number of imidazole rings is 2. The summed E-state index contributed by atoms with van der Waals surface area (Å²) >= 11 is 0. The van der Waals surface area contributed by atoms with Crippen LogP contribution in [0.15, 0.2) is 60.8 Å². The quantitative estimate of drug-likeness (QED) is 0.102. The first-order valence-corrected chi connectivity index (χ1v) is 24.5. The summed E-state index contributed by atoms with van der Waals surface area (Å²) < 4.78 is 21.2. The zero-order chi connectivity index (χ0) is 45.6. The summed E-state index contributed by atoms with van der Waals surface area (Å²) in [6.07, 6.45) is 11.2. The lowest BCUT2D eigenvalue weighted by Gasteiger charge is -2.39. The normalized spacial score (nSPS) is 24.0. The largest absolute Gasteiger partial charge is 0.453 e. The first-order valence-electron chi connectivity index (χ1n) is 24.5. The highest BCUT2D eigenvalue weighted by Gasteiger charge is 2.52. The molecule has 0 radical (unpaired) electrons. The van der Waals surface area contributed by atoms with Gasteiger partial charge in [0.15, 0.2) is 0 Å². The van der Waals surface area contributed by atoms with E-state index < -0.39 is 12.1 Å². The fraction of sp³-hybridized carbons (Fsp3) is 0.519. The molecule has 2 aliphatic carbocycles. The van der Waals surface area contributed by atoms with Crippen molar-refractivity contribution in [3.05, 3.63) is 83.6 Å². The average Bonchev–Trinajstić information content (AvgIpc) is 4.25. The van der Waals surface area contributed by atoms with E-state index in [1.54, 1.807) is 0 Å². The predicted molar refractivity (Wildman–Crippen MR) is 252 cm³/mol. The molecule has 3 aromatic carbocycles. The maximum atomic E-state index is 14.5. The second-order valence-corrected chi connectivity index (χ2v) is 19.6. The molecule has 352 valence electrons. The number of likely N-dealkylation sites (tertiary alicyclic amines) is 2. The van der Waals surface area contributed by atoms with Crippen molar-refractivity contribution in [3.63, 3.8) is 0 Å². The summed E-state index contributed by atoms with van der Waals surface area (Å²) in [5.41, 5.74) is 11.5. The maximum Gasteiger partial charge on any atom is 0.407 e. The number of nitrogens with zero attached hydrogens (tertiary/aromatic N) is 4. The zero-order valence-electron chi connectivity index (χ0n) is 38.6. The van der Waals surface area contributed by atoms with E-state index in [0.29, 0.717) is 37.9 Å². The minimum absolute atomic E-state index is 0.0102. The van der Waals surface area contributed by atoms with Crippen molar-refractivity contribution in [2.75, 3.05) is 53.7 Å². The molecule has 6 aliphatic rings. The molecule has 6 heterocycles. The summed E-state index contributed by atoms with van der Waals surface area (Å²) in [5.74, 6) is 2.38. The lowest BCUT2D eigenvalue weighted by Crippen LogP contribution is -2.55. The van der Waals surface area contributed by atoms with E-state index in [1.165, 1.54) is 36.5 Å². The lowest BCUT2D eigenvalue weighted by molar-refractivity contribution is -0.140. The van der Waals surface area contributed by atoms with Gasteiger partial charge in [0, 0.05) is 45.1 Å². The van der Waals surface area contributed by atoms with Crippen LogP contribution in [0.3, 0.4) is 0 Å². The number of benzene rings is 3. The number of carbonyl (C=O) groups is 3. The molecule has 4 aliphatic heterocycles. The molecule has 0 spiro atoms. The number of carbonyl (C=O) groups excluding carboxylic acids is 3. The number of aromatic nitrogens is 4. The third-order valence-corrected chi connectivity index (χ3v) is 15.9. The van der Waals surface area contributed by atoms with Crippen molar-refractivity contribution in [1.29, 1.82) is 0 Å². The first-order chi connectivity index (χ1) is 32.8. The number of rotatable bonds is 11. The molecule has 4 saturated heterocycles. The summed E-state index contributed by atoms with van der Waals surface area (Å²) in [6.45, 7) is 4.31. The van der Waals surface area contributed by atoms with Crippen LogP contribution in [-0.2, 0) is 36.6 Å². The SMILES string of the molecule is COC(=O)N[C@H](C(=O)N1[C@@H]2CC[C@@H](C2)[C@H]1c1nc2ccc(-c3ccc4c(c3)CCc3cc(-c5cnc([C@@H]6CCCN6C[C@@H](NC(=O)OC)C6CCOCC6)[nH]5)ccc3-4)cc2[nH]1)C1CCOCC1. The van der Waals surface area contributed by atoms with Crippen molar-refractivity contribution in [1.82, 2.24) is 40.4 Å². The minimum atomic E-state index is -0.669. The molecule has 11 rings (SSSR count). The molecule has 67 heavy (non-hydrogen) atoms. The minimum Gasteiger partial charge on any atom is -0.453 e. The number of piperidine rings is 1. The predicted octanol–water partition coefficient (Wildman–Crippen LogP) is 7.88. The molecule has 5 aromatic rings. The monoisotopic (exact) mass is 910 g/mol. The van der Waals surface area contributed by atoms with Gasteiger partial charge < -0.3 is 44.4 Å². The van der Waals surface area contributed by atoms with Crippen molar-refractivity contribution in [2.24, 2.45) is 17.8 Å².